The molecular formula is C12H23N3S. The highest BCUT2D eigenvalue weighted by Crippen LogP contribution is 2.11. The number of hydrogen-bond donors (Lipinski definition) is 1. The average Bonchev–Trinajstić information content (AvgIpc) is 2.62. The quantitative estimate of drug-likeness (QED) is 0.791. The zero-order valence-corrected chi connectivity index (χ0v) is 11.5. The average molecular weight is 241 g/mol. The van der Waals surface area contributed by atoms with Gasteiger partial charge in [-0.25, -0.2) is 4.98 Å². The van der Waals surface area contributed by atoms with Crippen LogP contribution in [0.25, 0.3) is 0 Å². The highest BCUT2D eigenvalue weighted by molar-refractivity contribution is 7.99. The fourth-order valence-electron chi connectivity index (χ4n) is 1.50. The molecule has 0 aliphatic rings. The molecule has 4 heteroatoms. The third-order valence-corrected chi connectivity index (χ3v) is 4.07. The maximum absolute atomic E-state index is 4.36. The molecule has 1 atom stereocenters. The maximum Gasteiger partial charge on any atom is 0.109 e. The van der Waals surface area contributed by atoms with Crippen molar-refractivity contribution < 1.29 is 0 Å². The predicted octanol–water partition coefficient (Wildman–Crippen LogP) is 1.94. The second kappa shape index (κ2) is 6.97. The molecule has 16 heavy (non-hydrogen) atoms. The number of nitrogens with one attached hydrogen (secondary N) is 1. The van der Waals surface area contributed by atoms with Crippen LogP contribution in [0.5, 0.6) is 0 Å². The molecule has 0 saturated carbocycles. The molecule has 0 saturated heterocycles. The van der Waals surface area contributed by atoms with Crippen molar-refractivity contribution in [3.8, 4) is 0 Å². The molecule has 1 heterocycles. The lowest BCUT2D eigenvalue weighted by molar-refractivity contribution is 0.585. The monoisotopic (exact) mass is 241 g/mol. The van der Waals surface area contributed by atoms with Crippen molar-refractivity contribution in [1.29, 1.82) is 0 Å². The van der Waals surface area contributed by atoms with E-state index in [4.69, 9.17) is 0 Å². The minimum absolute atomic E-state index is 0.518. The molecule has 3 nitrogen and oxygen atoms in total. The van der Waals surface area contributed by atoms with E-state index < -0.39 is 0 Å². The summed E-state index contributed by atoms with van der Waals surface area (Å²) < 4.78 is 2.09. The Labute approximate surface area is 103 Å². The van der Waals surface area contributed by atoms with Gasteiger partial charge < -0.3 is 9.88 Å². The first-order valence-corrected chi connectivity index (χ1v) is 7.00. The van der Waals surface area contributed by atoms with Gasteiger partial charge in [-0.05, 0) is 18.7 Å². The van der Waals surface area contributed by atoms with Crippen LogP contribution in [0, 0.1) is 5.92 Å². The lowest BCUT2D eigenvalue weighted by Crippen LogP contribution is -2.31. The summed E-state index contributed by atoms with van der Waals surface area (Å²) in [6, 6.07) is 0.518. The van der Waals surface area contributed by atoms with Crippen LogP contribution in [0.3, 0.4) is 0 Å². The van der Waals surface area contributed by atoms with Crippen LogP contribution < -0.4 is 5.32 Å². The van der Waals surface area contributed by atoms with Gasteiger partial charge in [0.25, 0.3) is 0 Å². The van der Waals surface area contributed by atoms with E-state index in [-0.39, 0.29) is 0 Å². The van der Waals surface area contributed by atoms with E-state index in [0.717, 1.165) is 23.9 Å². The van der Waals surface area contributed by atoms with E-state index in [0.29, 0.717) is 6.04 Å². The Balaban J connectivity index is 2.35. The molecule has 1 unspecified atom stereocenters. The first-order valence-electron chi connectivity index (χ1n) is 5.84. The molecule has 0 aliphatic carbocycles. The number of likely N-dealkylation sites (N-methyl/N-ethyl adjacent to an activating group) is 1. The number of thioether (sulfide) groups is 1. The molecule has 0 aliphatic heterocycles. The summed E-state index contributed by atoms with van der Waals surface area (Å²) in [6.07, 6.45) is 4.87. The third-order valence-electron chi connectivity index (χ3n) is 2.53. The van der Waals surface area contributed by atoms with Gasteiger partial charge in [-0.2, -0.15) is 11.8 Å². The van der Waals surface area contributed by atoms with E-state index in [1.807, 2.05) is 31.2 Å². The fourth-order valence-corrected chi connectivity index (χ4v) is 2.68. The van der Waals surface area contributed by atoms with Crippen LogP contribution in [0.1, 0.15) is 19.7 Å². The molecular weight excluding hydrogens is 218 g/mol. The van der Waals surface area contributed by atoms with Crippen molar-refractivity contribution in [3.05, 3.63) is 18.2 Å². The van der Waals surface area contributed by atoms with Crippen LogP contribution in [-0.4, -0.2) is 34.1 Å². The Morgan fingerprint density at radius 2 is 2.19 bits per heavy atom. The van der Waals surface area contributed by atoms with E-state index in [1.165, 1.54) is 5.75 Å². The first kappa shape index (κ1) is 13.6. The summed E-state index contributed by atoms with van der Waals surface area (Å²) in [5.41, 5.74) is 0. The topological polar surface area (TPSA) is 29.9 Å². The molecule has 1 N–H and O–H groups in total. The van der Waals surface area contributed by atoms with Gasteiger partial charge in [0.05, 0.1) is 0 Å². The summed E-state index contributed by atoms with van der Waals surface area (Å²) in [5, 5.41) is 3.37. The highest BCUT2D eigenvalue weighted by atomic mass is 32.2. The van der Waals surface area contributed by atoms with Gasteiger partial charge in [0.2, 0.25) is 0 Å². The minimum atomic E-state index is 0.518. The van der Waals surface area contributed by atoms with Crippen molar-refractivity contribution >= 4 is 11.8 Å². The van der Waals surface area contributed by atoms with Crippen molar-refractivity contribution in [2.75, 3.05) is 18.6 Å². The standard InChI is InChI=1S/C12H23N3S/c1-10(2)8-16-9-11(13-3)7-12-14-5-6-15(12)4/h5-6,10-11,13H,7-9H2,1-4H3. The predicted molar refractivity (Wildman–Crippen MR) is 71.9 cm³/mol. The number of rotatable bonds is 7. The third kappa shape index (κ3) is 4.58. The molecule has 92 valence electrons. The molecule has 1 aromatic rings. The number of nitrogens with zero attached hydrogens (tertiary/aromatic N) is 2. The molecule has 1 aromatic heterocycles. The second-order valence-electron chi connectivity index (χ2n) is 4.58. The Hall–Kier alpha value is -0.480. The van der Waals surface area contributed by atoms with Crippen LogP contribution in [-0.2, 0) is 13.5 Å². The largest absolute Gasteiger partial charge is 0.338 e. The fraction of sp³-hybridized carbons (Fsp3) is 0.750. The Morgan fingerprint density at radius 3 is 2.69 bits per heavy atom. The summed E-state index contributed by atoms with van der Waals surface area (Å²) >= 11 is 2.02. The van der Waals surface area contributed by atoms with Gasteiger partial charge in [-0.15, -0.1) is 0 Å². The van der Waals surface area contributed by atoms with Crippen molar-refractivity contribution in [1.82, 2.24) is 14.9 Å². The Morgan fingerprint density at radius 1 is 1.44 bits per heavy atom. The Kier molecular flexibility index (Phi) is 5.91. The van der Waals surface area contributed by atoms with Crippen LogP contribution in [0.4, 0.5) is 0 Å². The zero-order chi connectivity index (χ0) is 12.0. The molecule has 1 rings (SSSR count). The normalized spacial score (nSPS) is 13.3. The summed E-state index contributed by atoms with van der Waals surface area (Å²) in [5.74, 6) is 4.32. The number of imidazole rings is 1. The number of aromatic nitrogens is 2. The summed E-state index contributed by atoms with van der Waals surface area (Å²) in [7, 11) is 4.08. The van der Waals surface area contributed by atoms with Crippen molar-refractivity contribution in [2.45, 2.75) is 26.3 Å². The highest BCUT2D eigenvalue weighted by Gasteiger charge is 2.10. The van der Waals surface area contributed by atoms with Gasteiger partial charge in [-0.1, -0.05) is 13.8 Å². The second-order valence-corrected chi connectivity index (χ2v) is 5.65. The van der Waals surface area contributed by atoms with E-state index in [9.17, 15) is 0 Å². The van der Waals surface area contributed by atoms with Crippen molar-refractivity contribution in [3.63, 3.8) is 0 Å². The van der Waals surface area contributed by atoms with E-state index >= 15 is 0 Å². The zero-order valence-electron chi connectivity index (χ0n) is 10.7. The smallest absolute Gasteiger partial charge is 0.109 e. The SMILES string of the molecule is CNC(CSCC(C)C)Cc1nccn1C. The van der Waals surface area contributed by atoms with E-state index in [2.05, 4.69) is 35.8 Å². The summed E-state index contributed by atoms with van der Waals surface area (Å²) in [4.78, 5) is 4.36. The summed E-state index contributed by atoms with van der Waals surface area (Å²) in [6.45, 7) is 4.53. The Bertz CT molecular complexity index is 296. The molecule has 0 bridgehead atoms. The lowest BCUT2D eigenvalue weighted by Gasteiger charge is -2.16. The number of hydrogen-bond acceptors (Lipinski definition) is 3. The van der Waals surface area contributed by atoms with Gasteiger partial charge >= 0.3 is 0 Å². The molecule has 0 radical (unpaired) electrons. The van der Waals surface area contributed by atoms with Gasteiger partial charge in [0.1, 0.15) is 5.82 Å². The first-order chi connectivity index (χ1) is 7.63. The maximum atomic E-state index is 4.36. The van der Waals surface area contributed by atoms with E-state index in [1.54, 1.807) is 0 Å². The van der Waals surface area contributed by atoms with Crippen LogP contribution >= 0.6 is 11.8 Å². The molecule has 0 fully saturated rings. The molecule has 0 amide bonds. The molecule has 0 spiro atoms. The van der Waals surface area contributed by atoms with Gasteiger partial charge in [-0.3, -0.25) is 0 Å². The number of aryl methyl sites for hydroxylation is 1. The van der Waals surface area contributed by atoms with Crippen molar-refractivity contribution in [2.24, 2.45) is 13.0 Å². The lowest BCUT2D eigenvalue weighted by atomic mass is 10.2. The molecule has 0 aromatic carbocycles. The minimum Gasteiger partial charge on any atom is -0.338 e. The van der Waals surface area contributed by atoms with Crippen LogP contribution in [0.2, 0.25) is 0 Å². The van der Waals surface area contributed by atoms with Gasteiger partial charge in [0, 0.05) is 37.7 Å². The van der Waals surface area contributed by atoms with Crippen LogP contribution in [0.15, 0.2) is 12.4 Å². The van der Waals surface area contributed by atoms with Gasteiger partial charge in [0.15, 0.2) is 0 Å².